The van der Waals surface area contributed by atoms with Crippen LogP contribution < -0.4 is 0 Å². The molecule has 13 heavy (non-hydrogen) atoms. The summed E-state index contributed by atoms with van der Waals surface area (Å²) in [5, 5.41) is 0.843. The first-order valence-electron chi connectivity index (χ1n) is 4.47. The van der Waals surface area contributed by atoms with Crippen LogP contribution in [0, 0.1) is 0 Å². The molecule has 0 nitrogen and oxygen atoms in total. The number of hydrogen-bond donors (Lipinski definition) is 0. The van der Waals surface area contributed by atoms with Crippen molar-refractivity contribution in [3.8, 4) is 0 Å². The monoisotopic (exact) mass is 194 g/mol. The van der Waals surface area contributed by atoms with Crippen LogP contribution in [0.5, 0.6) is 0 Å². The quantitative estimate of drug-likeness (QED) is 0.651. The molecule has 0 bridgehead atoms. The molecule has 0 aliphatic heterocycles. The van der Waals surface area contributed by atoms with Crippen molar-refractivity contribution in [2.24, 2.45) is 0 Å². The van der Waals surface area contributed by atoms with Crippen LogP contribution in [0.1, 0.15) is 37.8 Å². The van der Waals surface area contributed by atoms with Crippen molar-refractivity contribution >= 4 is 17.2 Å². The number of halogens is 1. The van der Waals surface area contributed by atoms with Crippen molar-refractivity contribution in [1.82, 2.24) is 0 Å². The van der Waals surface area contributed by atoms with Gasteiger partial charge in [-0.25, -0.2) is 0 Å². The first kappa shape index (κ1) is 10.3. The van der Waals surface area contributed by atoms with Crippen LogP contribution in [-0.4, -0.2) is 0 Å². The van der Waals surface area contributed by atoms with Crippen molar-refractivity contribution in [1.29, 1.82) is 0 Å². The van der Waals surface area contributed by atoms with Gasteiger partial charge >= 0.3 is 0 Å². The Morgan fingerprint density at radius 3 is 2.38 bits per heavy atom. The Bertz CT molecular complexity index is 324. The van der Waals surface area contributed by atoms with Crippen LogP contribution in [0.4, 0.5) is 0 Å². The summed E-state index contributed by atoms with van der Waals surface area (Å²) in [6, 6.07) is 6.14. The minimum absolute atomic E-state index is 0.478. The molecule has 1 rings (SSSR count). The summed E-state index contributed by atoms with van der Waals surface area (Å²) in [4.78, 5) is 0. The topological polar surface area (TPSA) is 0 Å². The molecule has 0 radical (unpaired) electrons. The second kappa shape index (κ2) is 3.97. The predicted molar refractivity (Wildman–Crippen MR) is 60.2 cm³/mol. The average Bonchev–Trinajstić information content (AvgIpc) is 2.03. The predicted octanol–water partition coefficient (Wildman–Crippen LogP) is 4.50. The van der Waals surface area contributed by atoms with E-state index in [1.165, 1.54) is 5.56 Å². The molecule has 0 aliphatic carbocycles. The highest BCUT2D eigenvalue weighted by molar-refractivity contribution is 6.31. The van der Waals surface area contributed by atoms with E-state index in [0.717, 1.165) is 16.2 Å². The molecular formula is C12H15Cl. The van der Waals surface area contributed by atoms with Gasteiger partial charge in [-0.05, 0) is 30.0 Å². The fraction of sp³-hybridized carbons (Fsp3) is 0.333. The maximum absolute atomic E-state index is 6.13. The third kappa shape index (κ3) is 2.35. The summed E-state index contributed by atoms with van der Waals surface area (Å²) >= 11 is 6.13. The molecule has 0 N–H and O–H groups in total. The molecule has 0 fully saturated rings. The first-order valence-corrected chi connectivity index (χ1v) is 4.85. The van der Waals surface area contributed by atoms with E-state index in [9.17, 15) is 0 Å². The van der Waals surface area contributed by atoms with E-state index >= 15 is 0 Å². The molecule has 1 heteroatoms. The molecule has 1 aromatic rings. The van der Waals surface area contributed by atoms with Crippen molar-refractivity contribution in [2.75, 3.05) is 0 Å². The second-order valence-electron chi connectivity index (χ2n) is 3.67. The molecule has 0 atom stereocenters. The molecule has 0 saturated heterocycles. The molecule has 1 aromatic carbocycles. The Kier molecular flexibility index (Phi) is 3.16. The summed E-state index contributed by atoms with van der Waals surface area (Å²) in [5.74, 6) is 0.478. The van der Waals surface area contributed by atoms with Crippen LogP contribution in [0.3, 0.4) is 0 Å². The van der Waals surface area contributed by atoms with E-state index in [2.05, 4.69) is 32.6 Å². The van der Waals surface area contributed by atoms with Crippen LogP contribution in [-0.2, 0) is 0 Å². The lowest BCUT2D eigenvalue weighted by Crippen LogP contribution is -1.89. The zero-order valence-corrected chi connectivity index (χ0v) is 9.15. The standard InChI is InChI=1S/C12H15Cl/c1-8(2)10-5-6-11(9(3)4)12(13)7-10/h5-7,9H,1H2,2-4H3. The molecular weight excluding hydrogens is 180 g/mol. The zero-order chi connectivity index (χ0) is 10.0. The van der Waals surface area contributed by atoms with Gasteiger partial charge in [-0.2, -0.15) is 0 Å². The summed E-state index contributed by atoms with van der Waals surface area (Å²) in [6.45, 7) is 10.2. The van der Waals surface area contributed by atoms with Crippen molar-refractivity contribution in [3.05, 3.63) is 40.9 Å². The number of benzene rings is 1. The average molecular weight is 195 g/mol. The molecule has 70 valence electrons. The molecule has 0 heterocycles. The Balaban J connectivity index is 3.13. The Labute approximate surface area is 85.2 Å². The highest BCUT2D eigenvalue weighted by atomic mass is 35.5. The molecule has 0 aromatic heterocycles. The highest BCUT2D eigenvalue weighted by Crippen LogP contribution is 2.26. The van der Waals surface area contributed by atoms with Crippen LogP contribution in [0.2, 0.25) is 5.02 Å². The van der Waals surface area contributed by atoms with Gasteiger partial charge in [-0.1, -0.05) is 49.7 Å². The molecule has 0 spiro atoms. The van der Waals surface area contributed by atoms with Crippen LogP contribution in [0.15, 0.2) is 24.8 Å². The van der Waals surface area contributed by atoms with Crippen LogP contribution in [0.25, 0.3) is 5.57 Å². The fourth-order valence-corrected chi connectivity index (χ4v) is 1.66. The van der Waals surface area contributed by atoms with Gasteiger partial charge in [0.2, 0.25) is 0 Å². The third-order valence-corrected chi connectivity index (χ3v) is 2.44. The minimum atomic E-state index is 0.478. The van der Waals surface area contributed by atoms with Gasteiger partial charge < -0.3 is 0 Å². The van der Waals surface area contributed by atoms with Crippen molar-refractivity contribution in [2.45, 2.75) is 26.7 Å². The zero-order valence-electron chi connectivity index (χ0n) is 8.39. The van der Waals surface area contributed by atoms with Gasteiger partial charge in [0.05, 0.1) is 0 Å². The highest BCUT2D eigenvalue weighted by Gasteiger charge is 2.05. The van der Waals surface area contributed by atoms with Gasteiger partial charge in [0.1, 0.15) is 0 Å². The van der Waals surface area contributed by atoms with E-state index in [1.54, 1.807) is 0 Å². The molecule has 0 saturated carbocycles. The fourth-order valence-electron chi connectivity index (χ4n) is 1.26. The lowest BCUT2D eigenvalue weighted by Gasteiger charge is -2.09. The second-order valence-corrected chi connectivity index (χ2v) is 4.08. The van der Waals surface area contributed by atoms with Gasteiger partial charge in [0.15, 0.2) is 0 Å². The van der Waals surface area contributed by atoms with Crippen LogP contribution >= 0.6 is 11.6 Å². The van der Waals surface area contributed by atoms with Gasteiger partial charge in [-0.15, -0.1) is 0 Å². The summed E-state index contributed by atoms with van der Waals surface area (Å²) in [5.41, 5.74) is 3.37. The Morgan fingerprint density at radius 2 is 2.00 bits per heavy atom. The number of rotatable bonds is 2. The van der Waals surface area contributed by atoms with E-state index < -0.39 is 0 Å². The Morgan fingerprint density at radius 1 is 1.38 bits per heavy atom. The van der Waals surface area contributed by atoms with Gasteiger partial charge in [0, 0.05) is 5.02 Å². The maximum atomic E-state index is 6.13. The largest absolute Gasteiger partial charge is 0.0955 e. The lowest BCUT2D eigenvalue weighted by molar-refractivity contribution is 0.867. The smallest absolute Gasteiger partial charge is 0.0446 e. The minimum Gasteiger partial charge on any atom is -0.0955 e. The summed E-state index contributed by atoms with van der Waals surface area (Å²) in [7, 11) is 0. The van der Waals surface area contributed by atoms with Gasteiger partial charge in [-0.3, -0.25) is 0 Å². The Hall–Kier alpha value is -0.750. The van der Waals surface area contributed by atoms with E-state index in [4.69, 9.17) is 11.6 Å². The third-order valence-electron chi connectivity index (χ3n) is 2.12. The van der Waals surface area contributed by atoms with E-state index in [-0.39, 0.29) is 0 Å². The SMILES string of the molecule is C=C(C)c1ccc(C(C)C)c(Cl)c1. The number of hydrogen-bond acceptors (Lipinski definition) is 0. The lowest BCUT2D eigenvalue weighted by atomic mass is 10.00. The molecule has 0 amide bonds. The summed E-state index contributed by atoms with van der Waals surface area (Å²) < 4.78 is 0. The molecule has 0 unspecified atom stereocenters. The van der Waals surface area contributed by atoms with E-state index in [1.807, 2.05) is 13.0 Å². The summed E-state index contributed by atoms with van der Waals surface area (Å²) in [6.07, 6.45) is 0. The van der Waals surface area contributed by atoms with Gasteiger partial charge in [0.25, 0.3) is 0 Å². The first-order chi connectivity index (χ1) is 6.02. The van der Waals surface area contributed by atoms with Crippen molar-refractivity contribution in [3.63, 3.8) is 0 Å². The number of allylic oxidation sites excluding steroid dienone is 1. The maximum Gasteiger partial charge on any atom is 0.0446 e. The normalized spacial score (nSPS) is 10.5. The van der Waals surface area contributed by atoms with E-state index in [0.29, 0.717) is 5.92 Å². The van der Waals surface area contributed by atoms with Crippen molar-refractivity contribution < 1.29 is 0 Å². The molecule has 0 aliphatic rings.